The zero-order valence-electron chi connectivity index (χ0n) is 12.1. The van der Waals surface area contributed by atoms with Crippen LogP contribution < -0.4 is 10.2 Å². The van der Waals surface area contributed by atoms with Crippen molar-refractivity contribution >= 4 is 17.3 Å². The molecule has 1 aromatic carbocycles. The van der Waals surface area contributed by atoms with Crippen LogP contribution in [0, 0.1) is 0 Å². The summed E-state index contributed by atoms with van der Waals surface area (Å²) in [6.45, 7) is 2.91. The van der Waals surface area contributed by atoms with Gasteiger partial charge in [0.15, 0.2) is 0 Å². The highest BCUT2D eigenvalue weighted by Gasteiger charge is 2.10. The van der Waals surface area contributed by atoms with Crippen molar-refractivity contribution in [3.63, 3.8) is 0 Å². The average molecular weight is 290 g/mol. The van der Waals surface area contributed by atoms with Crippen molar-refractivity contribution in [3.8, 4) is 0 Å². The Kier molecular flexibility index (Phi) is 4.99. The Labute approximate surface area is 125 Å². The van der Waals surface area contributed by atoms with Gasteiger partial charge in [0.1, 0.15) is 0 Å². The van der Waals surface area contributed by atoms with Gasteiger partial charge in [-0.2, -0.15) is 0 Å². The molecule has 0 saturated heterocycles. The van der Waals surface area contributed by atoms with Crippen molar-refractivity contribution < 1.29 is 0 Å². The smallest absolute Gasteiger partial charge is 0.0474 e. The normalized spacial score (nSPS) is 12.2. The monoisotopic (exact) mass is 289 g/mol. The summed E-state index contributed by atoms with van der Waals surface area (Å²) in [4.78, 5) is 6.30. The Morgan fingerprint density at radius 2 is 2.15 bits per heavy atom. The first kappa shape index (κ1) is 14.8. The van der Waals surface area contributed by atoms with E-state index in [1.165, 1.54) is 5.56 Å². The maximum Gasteiger partial charge on any atom is 0.0474 e. The summed E-state index contributed by atoms with van der Waals surface area (Å²) in [7, 11) is 3.99. The SMILES string of the molecule is CNC(C)c1ccc(N(C)Cc2cccnc2)cc1Cl. The predicted octanol–water partition coefficient (Wildman–Crippen LogP) is 3.65. The highest BCUT2D eigenvalue weighted by Crippen LogP contribution is 2.27. The van der Waals surface area contributed by atoms with Crippen LogP contribution in [-0.4, -0.2) is 19.1 Å². The van der Waals surface area contributed by atoms with Gasteiger partial charge in [-0.05, 0) is 43.3 Å². The molecule has 0 aliphatic heterocycles. The average Bonchev–Trinajstić information content (AvgIpc) is 2.47. The lowest BCUT2D eigenvalue weighted by atomic mass is 10.1. The molecule has 0 radical (unpaired) electrons. The fourth-order valence-electron chi connectivity index (χ4n) is 2.12. The van der Waals surface area contributed by atoms with Crippen LogP contribution in [0.1, 0.15) is 24.1 Å². The van der Waals surface area contributed by atoms with Crippen LogP contribution in [0.3, 0.4) is 0 Å². The van der Waals surface area contributed by atoms with Gasteiger partial charge in [-0.1, -0.05) is 23.7 Å². The highest BCUT2D eigenvalue weighted by molar-refractivity contribution is 6.31. The van der Waals surface area contributed by atoms with E-state index in [9.17, 15) is 0 Å². The molecular weight excluding hydrogens is 270 g/mol. The molecule has 0 fully saturated rings. The third-order valence-electron chi connectivity index (χ3n) is 3.47. The van der Waals surface area contributed by atoms with E-state index >= 15 is 0 Å². The number of benzene rings is 1. The number of rotatable bonds is 5. The zero-order valence-corrected chi connectivity index (χ0v) is 12.9. The second-order valence-corrected chi connectivity index (χ2v) is 5.34. The fraction of sp³-hybridized carbons (Fsp3) is 0.312. The Hall–Kier alpha value is -1.58. The first-order valence-electron chi connectivity index (χ1n) is 6.68. The Bertz CT molecular complexity index is 557. The van der Waals surface area contributed by atoms with Crippen molar-refractivity contribution in [2.24, 2.45) is 0 Å². The number of aromatic nitrogens is 1. The molecule has 20 heavy (non-hydrogen) atoms. The topological polar surface area (TPSA) is 28.2 Å². The molecule has 0 bridgehead atoms. The summed E-state index contributed by atoms with van der Waals surface area (Å²) in [5.41, 5.74) is 3.40. The van der Waals surface area contributed by atoms with Gasteiger partial charge in [0, 0.05) is 42.7 Å². The number of nitrogens with zero attached hydrogens (tertiary/aromatic N) is 2. The molecule has 3 nitrogen and oxygen atoms in total. The van der Waals surface area contributed by atoms with Crippen molar-refractivity contribution in [2.45, 2.75) is 19.5 Å². The molecule has 0 aliphatic rings. The number of nitrogens with one attached hydrogen (secondary N) is 1. The molecule has 1 atom stereocenters. The number of halogens is 1. The van der Waals surface area contributed by atoms with E-state index in [0.717, 1.165) is 22.8 Å². The van der Waals surface area contributed by atoms with E-state index in [1.807, 2.05) is 25.4 Å². The van der Waals surface area contributed by atoms with E-state index in [0.29, 0.717) is 0 Å². The van der Waals surface area contributed by atoms with Crippen LogP contribution >= 0.6 is 11.6 Å². The molecule has 1 N–H and O–H groups in total. The van der Waals surface area contributed by atoms with Gasteiger partial charge in [-0.3, -0.25) is 4.98 Å². The molecule has 0 amide bonds. The van der Waals surface area contributed by atoms with Crippen LogP contribution in [0.4, 0.5) is 5.69 Å². The summed E-state index contributed by atoms with van der Waals surface area (Å²) in [6, 6.07) is 10.5. The van der Waals surface area contributed by atoms with Crippen molar-refractivity contribution in [3.05, 3.63) is 58.9 Å². The van der Waals surface area contributed by atoms with Crippen molar-refractivity contribution in [1.29, 1.82) is 0 Å². The second-order valence-electron chi connectivity index (χ2n) is 4.93. The molecule has 1 aromatic heterocycles. The maximum absolute atomic E-state index is 6.37. The number of hydrogen-bond acceptors (Lipinski definition) is 3. The summed E-state index contributed by atoms with van der Waals surface area (Å²) in [5, 5.41) is 4.00. The second kappa shape index (κ2) is 6.73. The van der Waals surface area contributed by atoms with Gasteiger partial charge >= 0.3 is 0 Å². The molecule has 1 heterocycles. The van der Waals surface area contributed by atoms with E-state index in [2.05, 4.69) is 47.4 Å². The van der Waals surface area contributed by atoms with Gasteiger partial charge in [0.05, 0.1) is 0 Å². The summed E-state index contributed by atoms with van der Waals surface area (Å²) >= 11 is 6.37. The minimum absolute atomic E-state index is 0.250. The van der Waals surface area contributed by atoms with Gasteiger partial charge in [-0.25, -0.2) is 0 Å². The molecule has 0 saturated carbocycles. The summed E-state index contributed by atoms with van der Waals surface area (Å²) < 4.78 is 0. The van der Waals surface area contributed by atoms with E-state index < -0.39 is 0 Å². The number of hydrogen-bond donors (Lipinski definition) is 1. The highest BCUT2D eigenvalue weighted by atomic mass is 35.5. The van der Waals surface area contributed by atoms with Crippen molar-refractivity contribution in [2.75, 3.05) is 19.0 Å². The first-order valence-corrected chi connectivity index (χ1v) is 7.06. The van der Waals surface area contributed by atoms with E-state index in [4.69, 9.17) is 11.6 Å². The first-order chi connectivity index (χ1) is 9.61. The summed E-state index contributed by atoms with van der Waals surface area (Å²) in [6.07, 6.45) is 3.67. The largest absolute Gasteiger partial charge is 0.370 e. The summed E-state index contributed by atoms with van der Waals surface area (Å²) in [5.74, 6) is 0. The number of anilines is 1. The molecule has 1 unspecified atom stereocenters. The van der Waals surface area contributed by atoms with Crippen molar-refractivity contribution in [1.82, 2.24) is 10.3 Å². The lowest BCUT2D eigenvalue weighted by Gasteiger charge is -2.21. The number of pyridine rings is 1. The van der Waals surface area contributed by atoms with Gasteiger partial charge in [0.2, 0.25) is 0 Å². The molecule has 0 spiro atoms. The predicted molar refractivity (Wildman–Crippen MR) is 85.3 cm³/mol. The minimum atomic E-state index is 0.250. The van der Waals surface area contributed by atoms with Crippen LogP contribution in [-0.2, 0) is 6.54 Å². The quantitative estimate of drug-likeness (QED) is 0.911. The van der Waals surface area contributed by atoms with E-state index in [-0.39, 0.29) is 6.04 Å². The molecule has 0 aliphatic carbocycles. The van der Waals surface area contributed by atoms with Gasteiger partial charge in [-0.15, -0.1) is 0 Å². The lowest BCUT2D eigenvalue weighted by Crippen LogP contribution is -2.17. The minimum Gasteiger partial charge on any atom is -0.370 e. The van der Waals surface area contributed by atoms with Crippen LogP contribution in [0.15, 0.2) is 42.7 Å². The zero-order chi connectivity index (χ0) is 14.5. The standard InChI is InChI=1S/C16H20ClN3/c1-12(18-2)15-7-6-14(9-16(15)17)20(3)11-13-5-4-8-19-10-13/h4-10,12,18H,11H2,1-3H3. The van der Waals surface area contributed by atoms with E-state index in [1.54, 1.807) is 6.20 Å². The molecule has 4 heteroatoms. The third-order valence-corrected chi connectivity index (χ3v) is 3.79. The maximum atomic E-state index is 6.37. The van der Waals surface area contributed by atoms with Gasteiger partial charge < -0.3 is 10.2 Å². The lowest BCUT2D eigenvalue weighted by molar-refractivity contribution is 0.652. The van der Waals surface area contributed by atoms with Gasteiger partial charge in [0.25, 0.3) is 0 Å². The Morgan fingerprint density at radius 1 is 1.35 bits per heavy atom. The molecule has 2 aromatic rings. The van der Waals surface area contributed by atoms with Crippen LogP contribution in [0.5, 0.6) is 0 Å². The van der Waals surface area contributed by atoms with Crippen LogP contribution in [0.25, 0.3) is 0 Å². The van der Waals surface area contributed by atoms with Crippen LogP contribution in [0.2, 0.25) is 5.02 Å². The molecule has 2 rings (SSSR count). The Morgan fingerprint density at radius 3 is 2.75 bits per heavy atom. The fourth-order valence-corrected chi connectivity index (χ4v) is 2.46. The Balaban J connectivity index is 2.15. The molecule has 106 valence electrons. The molecular formula is C16H20ClN3. The third kappa shape index (κ3) is 3.50.